The van der Waals surface area contributed by atoms with Gasteiger partial charge in [-0.1, -0.05) is 27.7 Å². The highest BCUT2D eigenvalue weighted by Crippen LogP contribution is 1.98. The maximum atomic E-state index is 3.48. The van der Waals surface area contributed by atoms with Gasteiger partial charge in [0, 0.05) is 6.04 Å². The first kappa shape index (κ1) is 17.9. The van der Waals surface area contributed by atoms with Crippen LogP contribution in [0.5, 0.6) is 0 Å². The second-order valence-corrected chi connectivity index (χ2v) is 5.31. The summed E-state index contributed by atoms with van der Waals surface area (Å²) in [5, 5.41) is 6.86. The molecule has 0 aromatic carbocycles. The fraction of sp³-hybridized carbons (Fsp3) is 1.00. The summed E-state index contributed by atoms with van der Waals surface area (Å²) in [5.74, 6) is 0. The summed E-state index contributed by atoms with van der Waals surface area (Å²) in [6.45, 7) is 16.0. The third-order valence-corrected chi connectivity index (χ3v) is 3.23. The minimum Gasteiger partial charge on any atom is -0.317 e. The van der Waals surface area contributed by atoms with Crippen LogP contribution in [0, 0.1) is 0 Å². The van der Waals surface area contributed by atoms with Crippen LogP contribution in [0.4, 0.5) is 0 Å². The first-order valence-electron chi connectivity index (χ1n) is 7.87. The maximum Gasteiger partial charge on any atom is 0.00103 e. The maximum absolute atomic E-state index is 3.48. The number of nitrogens with zero attached hydrogens (tertiary/aromatic N) is 1. The van der Waals surface area contributed by atoms with E-state index >= 15 is 0 Å². The van der Waals surface area contributed by atoms with Crippen molar-refractivity contribution in [1.29, 1.82) is 0 Å². The molecule has 18 heavy (non-hydrogen) atoms. The van der Waals surface area contributed by atoms with Gasteiger partial charge >= 0.3 is 0 Å². The van der Waals surface area contributed by atoms with Gasteiger partial charge in [0.2, 0.25) is 0 Å². The minimum absolute atomic E-state index is 0.623. The van der Waals surface area contributed by atoms with Crippen molar-refractivity contribution in [3.63, 3.8) is 0 Å². The Morgan fingerprint density at radius 1 is 0.889 bits per heavy atom. The molecule has 0 fully saturated rings. The van der Waals surface area contributed by atoms with Crippen molar-refractivity contribution in [1.82, 2.24) is 15.5 Å². The van der Waals surface area contributed by atoms with Crippen LogP contribution >= 0.6 is 0 Å². The number of hydrogen-bond acceptors (Lipinski definition) is 3. The molecule has 3 heteroatoms. The molecule has 0 unspecified atom stereocenters. The molecule has 0 heterocycles. The highest BCUT2D eigenvalue weighted by molar-refractivity contribution is 4.59. The van der Waals surface area contributed by atoms with Crippen LogP contribution in [-0.2, 0) is 0 Å². The van der Waals surface area contributed by atoms with E-state index in [2.05, 4.69) is 43.2 Å². The van der Waals surface area contributed by atoms with Crippen LogP contribution in [0.15, 0.2) is 0 Å². The fourth-order valence-electron chi connectivity index (χ4n) is 2.04. The fourth-order valence-corrected chi connectivity index (χ4v) is 2.04. The number of nitrogens with one attached hydrogen (secondary N) is 2. The molecular weight excluding hydrogens is 222 g/mol. The molecule has 0 atom stereocenters. The standard InChI is InChI=1S/C15H35N3/c1-5-16-11-7-9-13-18(6-2)14-10-8-12-17-15(3)4/h15-17H,5-14H2,1-4H3. The Balaban J connectivity index is 3.35. The molecule has 0 amide bonds. The lowest BCUT2D eigenvalue weighted by Gasteiger charge is -2.20. The SMILES string of the molecule is CCNCCCCN(CC)CCCCNC(C)C. The summed E-state index contributed by atoms with van der Waals surface area (Å²) < 4.78 is 0. The summed E-state index contributed by atoms with van der Waals surface area (Å²) in [4.78, 5) is 2.58. The summed E-state index contributed by atoms with van der Waals surface area (Å²) in [5.41, 5.74) is 0. The molecule has 110 valence electrons. The molecule has 2 N–H and O–H groups in total. The quantitative estimate of drug-likeness (QED) is 0.496. The second kappa shape index (κ2) is 13.3. The Bertz CT molecular complexity index is 160. The smallest absolute Gasteiger partial charge is 0.00103 e. The molecule has 0 aliphatic rings. The molecule has 0 aromatic rings. The lowest BCUT2D eigenvalue weighted by atomic mass is 10.2. The van der Waals surface area contributed by atoms with E-state index in [0.717, 1.165) is 13.1 Å². The van der Waals surface area contributed by atoms with Crippen LogP contribution in [0.1, 0.15) is 53.4 Å². The van der Waals surface area contributed by atoms with E-state index in [1.165, 1.54) is 51.9 Å². The van der Waals surface area contributed by atoms with Gasteiger partial charge in [0.25, 0.3) is 0 Å². The molecule has 0 aliphatic heterocycles. The van der Waals surface area contributed by atoms with Crippen LogP contribution in [0.25, 0.3) is 0 Å². The Morgan fingerprint density at radius 2 is 1.50 bits per heavy atom. The van der Waals surface area contributed by atoms with Crippen molar-refractivity contribution in [2.45, 2.75) is 59.4 Å². The molecule has 0 aliphatic carbocycles. The molecule has 0 saturated carbocycles. The van der Waals surface area contributed by atoms with Crippen LogP contribution in [0.2, 0.25) is 0 Å². The van der Waals surface area contributed by atoms with Gasteiger partial charge in [-0.15, -0.1) is 0 Å². The first-order valence-corrected chi connectivity index (χ1v) is 7.87. The lowest BCUT2D eigenvalue weighted by molar-refractivity contribution is 0.274. The molecule has 0 rings (SSSR count). The van der Waals surface area contributed by atoms with Crippen molar-refractivity contribution in [3.05, 3.63) is 0 Å². The van der Waals surface area contributed by atoms with Gasteiger partial charge in [-0.3, -0.25) is 0 Å². The van der Waals surface area contributed by atoms with Gasteiger partial charge in [-0.05, 0) is 65.0 Å². The van der Waals surface area contributed by atoms with E-state index in [0.29, 0.717) is 6.04 Å². The van der Waals surface area contributed by atoms with Gasteiger partial charge in [0.1, 0.15) is 0 Å². The highest BCUT2D eigenvalue weighted by Gasteiger charge is 2.01. The molecular formula is C15H35N3. The number of rotatable bonds is 13. The number of hydrogen-bond donors (Lipinski definition) is 2. The molecule has 0 aromatic heterocycles. The van der Waals surface area contributed by atoms with E-state index in [4.69, 9.17) is 0 Å². The summed E-state index contributed by atoms with van der Waals surface area (Å²) in [6.07, 6.45) is 5.25. The van der Waals surface area contributed by atoms with E-state index in [1.807, 2.05) is 0 Å². The monoisotopic (exact) mass is 257 g/mol. The Morgan fingerprint density at radius 3 is 2.00 bits per heavy atom. The summed E-state index contributed by atoms with van der Waals surface area (Å²) >= 11 is 0. The van der Waals surface area contributed by atoms with Gasteiger partial charge in [0.05, 0.1) is 0 Å². The van der Waals surface area contributed by atoms with E-state index in [1.54, 1.807) is 0 Å². The average molecular weight is 257 g/mol. The molecule has 3 nitrogen and oxygen atoms in total. The average Bonchev–Trinajstić information content (AvgIpc) is 2.35. The van der Waals surface area contributed by atoms with Gasteiger partial charge in [-0.2, -0.15) is 0 Å². The van der Waals surface area contributed by atoms with E-state index < -0.39 is 0 Å². The van der Waals surface area contributed by atoms with Crippen molar-refractivity contribution >= 4 is 0 Å². The molecule has 0 bridgehead atoms. The Hall–Kier alpha value is -0.120. The largest absolute Gasteiger partial charge is 0.317 e. The number of unbranched alkanes of at least 4 members (excludes halogenated alkanes) is 2. The highest BCUT2D eigenvalue weighted by atomic mass is 15.1. The third-order valence-electron chi connectivity index (χ3n) is 3.23. The van der Waals surface area contributed by atoms with Crippen molar-refractivity contribution < 1.29 is 0 Å². The molecule has 0 saturated heterocycles. The predicted octanol–water partition coefficient (Wildman–Crippen LogP) is 2.48. The Labute approximate surface area is 115 Å². The van der Waals surface area contributed by atoms with Gasteiger partial charge in [-0.25, -0.2) is 0 Å². The van der Waals surface area contributed by atoms with E-state index in [-0.39, 0.29) is 0 Å². The van der Waals surface area contributed by atoms with Crippen molar-refractivity contribution in [2.75, 3.05) is 39.3 Å². The molecule has 0 spiro atoms. The topological polar surface area (TPSA) is 27.3 Å². The van der Waals surface area contributed by atoms with Crippen molar-refractivity contribution in [3.8, 4) is 0 Å². The zero-order valence-corrected chi connectivity index (χ0v) is 13.1. The lowest BCUT2D eigenvalue weighted by Crippen LogP contribution is -2.28. The first-order chi connectivity index (χ1) is 8.70. The Kier molecular flexibility index (Phi) is 13.2. The summed E-state index contributed by atoms with van der Waals surface area (Å²) in [6, 6.07) is 0.623. The van der Waals surface area contributed by atoms with Crippen LogP contribution in [-0.4, -0.2) is 50.2 Å². The van der Waals surface area contributed by atoms with Crippen molar-refractivity contribution in [2.24, 2.45) is 0 Å². The van der Waals surface area contributed by atoms with E-state index in [9.17, 15) is 0 Å². The zero-order chi connectivity index (χ0) is 13.6. The minimum atomic E-state index is 0.623. The van der Waals surface area contributed by atoms with Crippen LogP contribution in [0.3, 0.4) is 0 Å². The van der Waals surface area contributed by atoms with Crippen LogP contribution < -0.4 is 10.6 Å². The summed E-state index contributed by atoms with van der Waals surface area (Å²) in [7, 11) is 0. The van der Waals surface area contributed by atoms with Gasteiger partial charge < -0.3 is 15.5 Å². The normalized spacial score (nSPS) is 11.7. The zero-order valence-electron chi connectivity index (χ0n) is 13.1. The third kappa shape index (κ3) is 12.3. The predicted molar refractivity (Wildman–Crippen MR) is 82.3 cm³/mol. The molecule has 0 radical (unpaired) electrons. The second-order valence-electron chi connectivity index (χ2n) is 5.31. The van der Waals surface area contributed by atoms with Gasteiger partial charge in [0.15, 0.2) is 0 Å².